The van der Waals surface area contributed by atoms with E-state index in [1.54, 1.807) is 0 Å². The van der Waals surface area contributed by atoms with Crippen LogP contribution in [-0.4, -0.2) is 15.5 Å². The number of nitrogens with zero attached hydrogens (tertiary/aromatic N) is 1. The number of nitrogens with one attached hydrogen (secondary N) is 2. The van der Waals surface area contributed by atoms with E-state index in [1.165, 1.54) is 5.69 Å². The highest BCUT2D eigenvalue weighted by Crippen LogP contribution is 2.19. The summed E-state index contributed by atoms with van der Waals surface area (Å²) < 4.78 is 0. The smallest absolute Gasteiger partial charge is 0.120 e. The molecule has 0 spiro atoms. The minimum Gasteiger partial charge on any atom is -0.344 e. The number of aromatic amines is 1. The van der Waals surface area contributed by atoms with Gasteiger partial charge in [-0.2, -0.15) is 0 Å². The van der Waals surface area contributed by atoms with Crippen LogP contribution in [0.4, 0.5) is 0 Å². The summed E-state index contributed by atoms with van der Waals surface area (Å²) in [4.78, 5) is 7.72. The van der Waals surface area contributed by atoms with Crippen molar-refractivity contribution < 1.29 is 0 Å². The maximum atomic E-state index is 4.37. The zero-order valence-electron chi connectivity index (χ0n) is 10.7. The molecule has 3 heteroatoms. The van der Waals surface area contributed by atoms with Crippen molar-refractivity contribution in [3.63, 3.8) is 0 Å². The first kappa shape index (κ1) is 12.2. The van der Waals surface area contributed by atoms with E-state index in [0.717, 1.165) is 12.4 Å². The zero-order chi connectivity index (χ0) is 11.7. The molecule has 0 aliphatic rings. The number of aromatic nitrogens is 2. The molecular weight excluding hydrogens is 186 g/mol. The maximum Gasteiger partial charge on any atom is 0.120 e. The van der Waals surface area contributed by atoms with Gasteiger partial charge in [0.05, 0.1) is 6.54 Å². The van der Waals surface area contributed by atoms with Crippen molar-refractivity contribution in [2.24, 2.45) is 0 Å². The summed E-state index contributed by atoms with van der Waals surface area (Å²) in [6.07, 6.45) is 1.93. The molecule has 86 valence electrons. The second kappa shape index (κ2) is 3.97. The van der Waals surface area contributed by atoms with Crippen LogP contribution in [0.3, 0.4) is 0 Å². The highest BCUT2D eigenvalue weighted by atomic mass is 15.0. The van der Waals surface area contributed by atoms with Crippen molar-refractivity contribution in [3.05, 3.63) is 17.7 Å². The Labute approximate surface area is 92.7 Å². The molecule has 0 radical (unpaired) electrons. The molecular formula is C12H23N3. The summed E-state index contributed by atoms with van der Waals surface area (Å²) in [5.41, 5.74) is 1.47. The summed E-state index contributed by atoms with van der Waals surface area (Å²) in [7, 11) is 0. The topological polar surface area (TPSA) is 40.7 Å². The quantitative estimate of drug-likeness (QED) is 0.786. The minimum atomic E-state index is 0.134. The average molecular weight is 209 g/mol. The molecule has 3 nitrogen and oxygen atoms in total. The van der Waals surface area contributed by atoms with Gasteiger partial charge in [0, 0.05) is 22.8 Å². The summed E-state index contributed by atoms with van der Waals surface area (Å²) in [6, 6.07) is 0. The lowest BCUT2D eigenvalue weighted by molar-refractivity contribution is 0.418. The summed E-state index contributed by atoms with van der Waals surface area (Å²) in [5.74, 6) is 1.01. The van der Waals surface area contributed by atoms with E-state index in [0.29, 0.717) is 0 Å². The molecule has 1 heterocycles. The van der Waals surface area contributed by atoms with Crippen LogP contribution in [0.5, 0.6) is 0 Å². The van der Waals surface area contributed by atoms with Crippen molar-refractivity contribution in [1.29, 1.82) is 0 Å². The Morgan fingerprint density at radius 1 is 1.20 bits per heavy atom. The number of imidazole rings is 1. The lowest BCUT2D eigenvalue weighted by Gasteiger charge is -2.19. The molecule has 0 saturated carbocycles. The fraction of sp³-hybridized carbons (Fsp3) is 0.750. The van der Waals surface area contributed by atoms with Crippen molar-refractivity contribution in [1.82, 2.24) is 15.3 Å². The van der Waals surface area contributed by atoms with Gasteiger partial charge in [0.25, 0.3) is 0 Å². The van der Waals surface area contributed by atoms with Crippen LogP contribution in [0.15, 0.2) is 6.20 Å². The van der Waals surface area contributed by atoms with Crippen LogP contribution >= 0.6 is 0 Å². The molecule has 15 heavy (non-hydrogen) atoms. The van der Waals surface area contributed by atoms with Gasteiger partial charge in [-0.15, -0.1) is 0 Å². The fourth-order valence-corrected chi connectivity index (χ4v) is 1.18. The van der Waals surface area contributed by atoms with Crippen LogP contribution in [-0.2, 0) is 12.0 Å². The van der Waals surface area contributed by atoms with Gasteiger partial charge in [0.1, 0.15) is 5.82 Å². The molecule has 0 bridgehead atoms. The van der Waals surface area contributed by atoms with Crippen molar-refractivity contribution >= 4 is 0 Å². The van der Waals surface area contributed by atoms with E-state index in [4.69, 9.17) is 0 Å². The Morgan fingerprint density at radius 3 is 2.20 bits per heavy atom. The highest BCUT2D eigenvalue weighted by molar-refractivity contribution is 5.11. The molecule has 0 aliphatic heterocycles. The van der Waals surface area contributed by atoms with Crippen molar-refractivity contribution in [3.8, 4) is 0 Å². The summed E-state index contributed by atoms with van der Waals surface area (Å²) >= 11 is 0. The van der Waals surface area contributed by atoms with Crippen LogP contribution in [0.1, 0.15) is 53.1 Å². The van der Waals surface area contributed by atoms with E-state index in [1.807, 2.05) is 6.20 Å². The molecule has 0 unspecified atom stereocenters. The Morgan fingerprint density at radius 2 is 1.80 bits per heavy atom. The van der Waals surface area contributed by atoms with E-state index in [2.05, 4.69) is 56.8 Å². The zero-order valence-corrected chi connectivity index (χ0v) is 10.7. The Balaban J connectivity index is 2.62. The average Bonchev–Trinajstić information content (AvgIpc) is 2.45. The van der Waals surface area contributed by atoms with Gasteiger partial charge in [-0.05, 0) is 20.8 Å². The molecule has 0 atom stereocenters. The first-order chi connectivity index (χ1) is 6.68. The molecule has 0 aliphatic carbocycles. The normalized spacial score (nSPS) is 13.2. The largest absolute Gasteiger partial charge is 0.344 e. The fourth-order valence-electron chi connectivity index (χ4n) is 1.18. The van der Waals surface area contributed by atoms with Crippen molar-refractivity contribution in [2.45, 2.75) is 59.0 Å². The van der Waals surface area contributed by atoms with Gasteiger partial charge in [0.2, 0.25) is 0 Å². The highest BCUT2D eigenvalue weighted by Gasteiger charge is 2.17. The molecule has 1 rings (SSSR count). The van der Waals surface area contributed by atoms with E-state index in [9.17, 15) is 0 Å². The molecule has 2 N–H and O–H groups in total. The number of H-pyrrole nitrogens is 1. The van der Waals surface area contributed by atoms with Gasteiger partial charge in [-0.1, -0.05) is 20.8 Å². The van der Waals surface area contributed by atoms with Crippen LogP contribution < -0.4 is 5.32 Å². The third kappa shape index (κ3) is 4.04. The second-order valence-electron chi connectivity index (χ2n) is 6.10. The Bertz CT molecular complexity index is 312. The first-order valence-electron chi connectivity index (χ1n) is 5.48. The molecule has 0 fully saturated rings. The predicted molar refractivity (Wildman–Crippen MR) is 63.9 cm³/mol. The molecule has 1 aromatic heterocycles. The molecule has 0 amide bonds. The minimum absolute atomic E-state index is 0.134. The summed E-state index contributed by atoms with van der Waals surface area (Å²) in [5, 5.41) is 3.41. The van der Waals surface area contributed by atoms with Gasteiger partial charge in [-0.3, -0.25) is 0 Å². The van der Waals surface area contributed by atoms with Gasteiger partial charge >= 0.3 is 0 Å². The maximum absolute atomic E-state index is 4.37. The number of rotatable bonds is 2. The third-order valence-corrected chi connectivity index (χ3v) is 2.22. The predicted octanol–water partition coefficient (Wildman–Crippen LogP) is 2.60. The Hall–Kier alpha value is -0.830. The van der Waals surface area contributed by atoms with E-state index >= 15 is 0 Å². The lowest BCUT2D eigenvalue weighted by atomic mass is 9.93. The number of hydrogen-bond donors (Lipinski definition) is 2. The van der Waals surface area contributed by atoms with Crippen molar-refractivity contribution in [2.75, 3.05) is 0 Å². The first-order valence-corrected chi connectivity index (χ1v) is 5.48. The van der Waals surface area contributed by atoms with Crippen LogP contribution in [0.25, 0.3) is 0 Å². The summed E-state index contributed by atoms with van der Waals surface area (Å²) in [6.45, 7) is 13.8. The van der Waals surface area contributed by atoms with Gasteiger partial charge < -0.3 is 10.3 Å². The molecule has 0 saturated heterocycles. The monoisotopic (exact) mass is 209 g/mol. The number of hydrogen-bond acceptors (Lipinski definition) is 2. The molecule has 1 aromatic rings. The third-order valence-electron chi connectivity index (χ3n) is 2.22. The van der Waals surface area contributed by atoms with Gasteiger partial charge in [0.15, 0.2) is 0 Å². The standard InChI is InChI=1S/C12H23N3/c1-11(2,3)9-7-13-10(15-9)8-14-12(4,5)6/h7,14H,8H2,1-6H3,(H,13,15). The lowest BCUT2D eigenvalue weighted by Crippen LogP contribution is -2.35. The molecule has 0 aromatic carbocycles. The van der Waals surface area contributed by atoms with Crippen LogP contribution in [0.2, 0.25) is 0 Å². The van der Waals surface area contributed by atoms with E-state index in [-0.39, 0.29) is 11.0 Å². The SMILES string of the molecule is CC(C)(C)NCc1ncc(C(C)(C)C)[nH]1. The van der Waals surface area contributed by atoms with Gasteiger partial charge in [-0.25, -0.2) is 4.98 Å². The van der Waals surface area contributed by atoms with Crippen LogP contribution in [0, 0.1) is 0 Å². The van der Waals surface area contributed by atoms with E-state index < -0.39 is 0 Å². The Kier molecular flexibility index (Phi) is 3.24. The second-order valence-corrected chi connectivity index (χ2v) is 6.10.